The van der Waals surface area contributed by atoms with Gasteiger partial charge in [-0.3, -0.25) is 9.78 Å². The van der Waals surface area contributed by atoms with Crippen LogP contribution >= 0.6 is 0 Å². The highest BCUT2D eigenvalue weighted by Gasteiger charge is 2.33. The molecular formula is C35H26F3NO2. The fourth-order valence-corrected chi connectivity index (χ4v) is 4.78. The maximum absolute atomic E-state index is 13.9. The minimum Gasteiger partial charge on any atom is -0.469 e. The smallest absolute Gasteiger partial charge is 0.418 e. The monoisotopic (exact) mass is 549 g/mol. The molecule has 4 aromatic carbocycles. The summed E-state index contributed by atoms with van der Waals surface area (Å²) in [6.45, 7) is 0. The molecule has 0 atom stereocenters. The van der Waals surface area contributed by atoms with E-state index in [2.05, 4.69) is 16.8 Å². The zero-order valence-electron chi connectivity index (χ0n) is 22.3. The van der Waals surface area contributed by atoms with Crippen molar-refractivity contribution in [3.05, 3.63) is 137 Å². The fraction of sp³-hybridized carbons (Fsp3) is 0.143. The molecule has 0 aliphatic rings. The summed E-state index contributed by atoms with van der Waals surface area (Å²) in [4.78, 5) is 15.7. The van der Waals surface area contributed by atoms with Crippen LogP contribution < -0.4 is 0 Å². The van der Waals surface area contributed by atoms with E-state index in [9.17, 15) is 18.0 Å². The number of carbonyl (C=O) groups excluding carboxylic acids is 1. The van der Waals surface area contributed by atoms with Gasteiger partial charge >= 0.3 is 12.1 Å². The Morgan fingerprint density at radius 2 is 1.56 bits per heavy atom. The van der Waals surface area contributed by atoms with Crippen molar-refractivity contribution in [2.75, 3.05) is 7.11 Å². The van der Waals surface area contributed by atoms with Crippen molar-refractivity contribution in [1.82, 2.24) is 4.98 Å². The van der Waals surface area contributed by atoms with Crippen LogP contribution in [0.25, 0.3) is 22.0 Å². The first kappa shape index (κ1) is 27.7. The van der Waals surface area contributed by atoms with Gasteiger partial charge in [0.05, 0.1) is 18.2 Å². The van der Waals surface area contributed by atoms with Gasteiger partial charge in [0.25, 0.3) is 0 Å². The highest BCUT2D eigenvalue weighted by atomic mass is 19.4. The van der Waals surface area contributed by atoms with Crippen molar-refractivity contribution in [3.63, 3.8) is 0 Å². The largest absolute Gasteiger partial charge is 0.469 e. The molecule has 5 aromatic rings. The van der Waals surface area contributed by atoms with E-state index in [-0.39, 0.29) is 11.5 Å². The number of aromatic nitrogens is 1. The summed E-state index contributed by atoms with van der Waals surface area (Å²) in [6, 6.07) is 29.2. The molecule has 0 bridgehead atoms. The van der Waals surface area contributed by atoms with Gasteiger partial charge in [0, 0.05) is 29.1 Å². The number of nitrogens with zero attached hydrogens (tertiary/aromatic N) is 1. The number of para-hydroxylation sites is 1. The van der Waals surface area contributed by atoms with E-state index >= 15 is 0 Å². The number of methoxy groups -OCH3 is 1. The molecule has 6 heteroatoms. The summed E-state index contributed by atoms with van der Waals surface area (Å²) in [7, 11) is 1.37. The van der Waals surface area contributed by atoms with Gasteiger partial charge < -0.3 is 4.74 Å². The second-order valence-electron chi connectivity index (χ2n) is 9.62. The van der Waals surface area contributed by atoms with E-state index in [1.54, 1.807) is 12.3 Å². The Balaban J connectivity index is 1.53. The van der Waals surface area contributed by atoms with Crippen LogP contribution in [0.1, 0.15) is 39.8 Å². The minimum atomic E-state index is -4.52. The molecule has 0 amide bonds. The van der Waals surface area contributed by atoms with Crippen molar-refractivity contribution in [3.8, 4) is 23.0 Å². The van der Waals surface area contributed by atoms with E-state index in [0.29, 0.717) is 30.2 Å². The van der Waals surface area contributed by atoms with Gasteiger partial charge in [-0.15, -0.1) is 0 Å². The third kappa shape index (κ3) is 6.64. The lowest BCUT2D eigenvalue weighted by molar-refractivity contribution is -0.140. The SMILES string of the molecule is COC(=O)CCc1ccc(C#Cc2cccc(-c3c(Cc4ccccc4)cnc4c(C(F)(F)F)cccc34)c2)cc1. The van der Waals surface area contributed by atoms with Gasteiger partial charge in [0.1, 0.15) is 0 Å². The Morgan fingerprint density at radius 1 is 0.829 bits per heavy atom. The molecule has 0 aliphatic heterocycles. The second-order valence-corrected chi connectivity index (χ2v) is 9.62. The molecule has 5 rings (SSSR count). The molecule has 0 aliphatic carbocycles. The van der Waals surface area contributed by atoms with Crippen LogP contribution in [0.15, 0.2) is 103 Å². The zero-order chi connectivity index (χ0) is 28.8. The van der Waals surface area contributed by atoms with Crippen LogP contribution in [0.5, 0.6) is 0 Å². The van der Waals surface area contributed by atoms with E-state index in [0.717, 1.165) is 39.4 Å². The lowest BCUT2D eigenvalue weighted by Crippen LogP contribution is -2.07. The Hall–Kier alpha value is -4.89. The molecule has 0 saturated heterocycles. The van der Waals surface area contributed by atoms with Crippen LogP contribution in [0.4, 0.5) is 13.2 Å². The van der Waals surface area contributed by atoms with E-state index in [1.807, 2.05) is 78.9 Å². The number of hydrogen-bond donors (Lipinski definition) is 0. The van der Waals surface area contributed by atoms with Gasteiger partial charge in [0.2, 0.25) is 0 Å². The lowest BCUT2D eigenvalue weighted by atomic mass is 9.91. The highest BCUT2D eigenvalue weighted by molar-refractivity contribution is 5.98. The van der Waals surface area contributed by atoms with Crippen LogP contribution in [-0.2, 0) is 28.5 Å². The van der Waals surface area contributed by atoms with Gasteiger partial charge in [-0.1, -0.05) is 78.6 Å². The first-order valence-corrected chi connectivity index (χ1v) is 13.1. The number of ether oxygens (including phenoxy) is 1. The molecule has 41 heavy (non-hydrogen) atoms. The Kier molecular flexibility index (Phi) is 8.16. The highest BCUT2D eigenvalue weighted by Crippen LogP contribution is 2.39. The first-order valence-electron chi connectivity index (χ1n) is 13.1. The van der Waals surface area contributed by atoms with Crippen LogP contribution in [0, 0.1) is 11.8 Å². The van der Waals surface area contributed by atoms with E-state index < -0.39 is 11.7 Å². The topological polar surface area (TPSA) is 39.2 Å². The minimum absolute atomic E-state index is 0.0735. The number of pyridine rings is 1. The van der Waals surface area contributed by atoms with Crippen LogP contribution in [0.3, 0.4) is 0 Å². The zero-order valence-corrected chi connectivity index (χ0v) is 22.3. The standard InChI is InChI=1S/C35H26F3NO2/c1-41-32(40)20-19-25-15-13-24(14-16-25)17-18-27-9-5-10-28(21-27)33-29(22-26-7-3-2-4-8-26)23-39-34-30(33)11-6-12-31(34)35(36,37)38/h2-16,21,23H,19-20,22H2,1H3. The maximum atomic E-state index is 13.9. The van der Waals surface area contributed by atoms with Crippen molar-refractivity contribution in [2.45, 2.75) is 25.4 Å². The third-order valence-electron chi connectivity index (χ3n) is 6.82. The average Bonchev–Trinajstić information content (AvgIpc) is 2.99. The summed E-state index contributed by atoms with van der Waals surface area (Å²) < 4.78 is 46.3. The molecule has 0 saturated carbocycles. The summed E-state index contributed by atoms with van der Waals surface area (Å²) in [5, 5.41) is 0.445. The molecule has 0 unspecified atom stereocenters. The number of aryl methyl sites for hydroxylation is 1. The Bertz CT molecular complexity index is 1750. The normalized spacial score (nSPS) is 11.1. The first-order chi connectivity index (χ1) is 19.8. The molecule has 0 radical (unpaired) electrons. The summed E-state index contributed by atoms with van der Waals surface area (Å²) in [5.74, 6) is 6.09. The van der Waals surface area contributed by atoms with Crippen LogP contribution in [0.2, 0.25) is 0 Å². The number of benzene rings is 4. The van der Waals surface area contributed by atoms with Crippen molar-refractivity contribution >= 4 is 16.9 Å². The van der Waals surface area contributed by atoms with E-state index in [4.69, 9.17) is 4.74 Å². The molecular weight excluding hydrogens is 523 g/mol. The predicted octanol–water partition coefficient (Wildman–Crippen LogP) is 8.02. The van der Waals surface area contributed by atoms with Gasteiger partial charge in [0.15, 0.2) is 0 Å². The number of alkyl halides is 3. The molecule has 0 spiro atoms. The number of halogens is 3. The number of hydrogen-bond acceptors (Lipinski definition) is 3. The van der Waals surface area contributed by atoms with Crippen LogP contribution in [-0.4, -0.2) is 18.1 Å². The average molecular weight is 550 g/mol. The Morgan fingerprint density at radius 3 is 2.29 bits per heavy atom. The number of rotatable bonds is 6. The second kappa shape index (κ2) is 12.1. The molecule has 204 valence electrons. The quantitative estimate of drug-likeness (QED) is 0.159. The van der Waals surface area contributed by atoms with Crippen molar-refractivity contribution < 1.29 is 22.7 Å². The van der Waals surface area contributed by atoms with Crippen molar-refractivity contribution in [2.24, 2.45) is 0 Å². The fourth-order valence-electron chi connectivity index (χ4n) is 4.78. The van der Waals surface area contributed by atoms with Gasteiger partial charge in [-0.25, -0.2) is 0 Å². The van der Waals surface area contributed by atoms with E-state index in [1.165, 1.54) is 13.2 Å². The lowest BCUT2D eigenvalue weighted by Gasteiger charge is -2.16. The molecule has 3 nitrogen and oxygen atoms in total. The Labute approximate surface area is 236 Å². The number of esters is 1. The summed E-state index contributed by atoms with van der Waals surface area (Å²) >= 11 is 0. The molecule has 1 aromatic heterocycles. The molecule has 1 heterocycles. The number of fused-ring (bicyclic) bond motifs is 1. The summed E-state index contributed by atoms with van der Waals surface area (Å²) in [5.41, 5.74) is 5.08. The molecule has 0 N–H and O–H groups in total. The van der Waals surface area contributed by atoms with Crippen molar-refractivity contribution in [1.29, 1.82) is 0 Å². The maximum Gasteiger partial charge on any atom is 0.418 e. The van der Waals surface area contributed by atoms with Gasteiger partial charge in [-0.2, -0.15) is 13.2 Å². The third-order valence-corrected chi connectivity index (χ3v) is 6.82. The van der Waals surface area contributed by atoms with Gasteiger partial charge in [-0.05, 0) is 71.0 Å². The number of carbonyl (C=O) groups is 1. The summed E-state index contributed by atoms with van der Waals surface area (Å²) in [6.07, 6.45) is -1.54. The predicted molar refractivity (Wildman–Crippen MR) is 154 cm³/mol. The molecule has 0 fully saturated rings.